The van der Waals surface area contributed by atoms with Crippen molar-refractivity contribution in [3.63, 3.8) is 0 Å². The van der Waals surface area contributed by atoms with Gasteiger partial charge in [0.25, 0.3) is 0 Å². The zero-order chi connectivity index (χ0) is 22.5. The first-order chi connectivity index (χ1) is 15.5. The molecule has 32 heavy (non-hydrogen) atoms. The van der Waals surface area contributed by atoms with Gasteiger partial charge in [-0.05, 0) is 56.5 Å². The molecule has 1 amide bonds. The Morgan fingerprint density at radius 3 is 2.62 bits per heavy atom. The van der Waals surface area contributed by atoms with Crippen LogP contribution in [0.4, 0.5) is 4.39 Å². The first-order valence-corrected chi connectivity index (χ1v) is 11.7. The lowest BCUT2D eigenvalue weighted by Crippen LogP contribution is -2.33. The SMILES string of the molecule is CC(Sc1nnc(-c2ccc(F)cc2)n1CC1CCCO1)C(=O)NC(C)c1ccccc1. The third kappa shape index (κ3) is 5.37. The van der Waals surface area contributed by atoms with Crippen molar-refractivity contribution in [3.8, 4) is 11.4 Å². The Labute approximate surface area is 191 Å². The third-order valence-corrected chi connectivity index (χ3v) is 6.62. The van der Waals surface area contributed by atoms with E-state index in [9.17, 15) is 9.18 Å². The highest BCUT2D eigenvalue weighted by Crippen LogP contribution is 2.29. The Morgan fingerprint density at radius 2 is 1.94 bits per heavy atom. The number of carbonyl (C=O) groups is 1. The Kier molecular flexibility index (Phi) is 7.22. The van der Waals surface area contributed by atoms with Gasteiger partial charge >= 0.3 is 0 Å². The standard InChI is InChI=1S/C24H27FN4O2S/c1-16(18-7-4-3-5-8-18)26-23(30)17(2)32-24-28-27-22(19-10-12-20(25)13-11-19)29(24)15-21-9-6-14-31-21/h3-5,7-8,10-13,16-17,21H,6,9,14-15H2,1-2H3,(H,26,30). The minimum Gasteiger partial charge on any atom is -0.376 e. The molecule has 1 fully saturated rings. The number of hydrogen-bond acceptors (Lipinski definition) is 5. The minimum absolute atomic E-state index is 0.0682. The molecule has 0 spiro atoms. The maximum Gasteiger partial charge on any atom is 0.233 e. The average Bonchev–Trinajstić information content (AvgIpc) is 3.46. The number of hydrogen-bond donors (Lipinski definition) is 1. The minimum atomic E-state index is -0.366. The van der Waals surface area contributed by atoms with Gasteiger partial charge in [0.2, 0.25) is 5.91 Å². The van der Waals surface area contributed by atoms with Gasteiger partial charge in [-0.15, -0.1) is 10.2 Å². The highest BCUT2D eigenvalue weighted by atomic mass is 32.2. The highest BCUT2D eigenvalue weighted by Gasteiger charge is 2.25. The van der Waals surface area contributed by atoms with Crippen LogP contribution in [0.25, 0.3) is 11.4 Å². The Balaban J connectivity index is 1.51. The maximum absolute atomic E-state index is 13.4. The van der Waals surface area contributed by atoms with Crippen molar-refractivity contribution >= 4 is 17.7 Å². The number of amides is 1. The summed E-state index contributed by atoms with van der Waals surface area (Å²) < 4.78 is 21.2. The molecule has 1 aromatic heterocycles. The van der Waals surface area contributed by atoms with E-state index in [-0.39, 0.29) is 29.1 Å². The second kappa shape index (κ2) is 10.3. The van der Waals surface area contributed by atoms with Crippen LogP contribution in [-0.4, -0.2) is 38.6 Å². The number of thioether (sulfide) groups is 1. The van der Waals surface area contributed by atoms with Crippen molar-refractivity contribution in [2.45, 2.75) is 55.8 Å². The first-order valence-electron chi connectivity index (χ1n) is 10.8. The van der Waals surface area contributed by atoms with Crippen LogP contribution < -0.4 is 5.32 Å². The number of ether oxygens (including phenoxy) is 1. The molecule has 0 aliphatic carbocycles. The van der Waals surface area contributed by atoms with Gasteiger partial charge in [-0.1, -0.05) is 42.1 Å². The molecule has 3 unspecified atom stereocenters. The van der Waals surface area contributed by atoms with E-state index < -0.39 is 0 Å². The molecule has 3 aromatic rings. The Bertz CT molecular complexity index is 1040. The summed E-state index contributed by atoms with van der Waals surface area (Å²) in [5.41, 5.74) is 1.83. The van der Waals surface area contributed by atoms with Crippen LogP contribution in [-0.2, 0) is 16.1 Å². The molecule has 1 saturated heterocycles. The van der Waals surface area contributed by atoms with Crippen LogP contribution in [0.1, 0.15) is 38.3 Å². The lowest BCUT2D eigenvalue weighted by molar-refractivity contribution is -0.120. The van der Waals surface area contributed by atoms with E-state index in [1.54, 1.807) is 12.1 Å². The van der Waals surface area contributed by atoms with Gasteiger partial charge in [0.05, 0.1) is 23.9 Å². The van der Waals surface area contributed by atoms with Gasteiger partial charge < -0.3 is 10.1 Å². The summed E-state index contributed by atoms with van der Waals surface area (Å²) in [7, 11) is 0. The lowest BCUT2D eigenvalue weighted by atomic mass is 10.1. The predicted octanol–water partition coefficient (Wildman–Crippen LogP) is 4.62. The van der Waals surface area contributed by atoms with Gasteiger partial charge in [-0.25, -0.2) is 4.39 Å². The van der Waals surface area contributed by atoms with Crippen LogP contribution in [0.3, 0.4) is 0 Å². The Hall–Kier alpha value is -2.71. The zero-order valence-electron chi connectivity index (χ0n) is 18.2. The van der Waals surface area contributed by atoms with Gasteiger partial charge in [0.1, 0.15) is 5.82 Å². The number of carbonyl (C=O) groups excluding carboxylic acids is 1. The molecule has 0 radical (unpaired) electrons. The fourth-order valence-corrected chi connectivity index (χ4v) is 4.58. The zero-order valence-corrected chi connectivity index (χ0v) is 19.0. The van der Waals surface area contributed by atoms with Crippen molar-refractivity contribution in [2.75, 3.05) is 6.61 Å². The molecular weight excluding hydrogens is 427 g/mol. The number of benzene rings is 2. The van der Waals surface area contributed by atoms with Crippen molar-refractivity contribution < 1.29 is 13.9 Å². The van der Waals surface area contributed by atoms with E-state index in [4.69, 9.17) is 4.74 Å². The summed E-state index contributed by atoms with van der Waals surface area (Å²) >= 11 is 1.37. The van der Waals surface area contributed by atoms with E-state index in [0.717, 1.165) is 30.6 Å². The number of nitrogens with zero attached hydrogens (tertiary/aromatic N) is 3. The van der Waals surface area contributed by atoms with Crippen LogP contribution >= 0.6 is 11.8 Å². The molecule has 8 heteroatoms. The van der Waals surface area contributed by atoms with E-state index in [1.807, 2.05) is 48.7 Å². The van der Waals surface area contributed by atoms with Gasteiger partial charge in [-0.3, -0.25) is 9.36 Å². The van der Waals surface area contributed by atoms with Crippen molar-refractivity contribution in [1.82, 2.24) is 20.1 Å². The summed E-state index contributed by atoms with van der Waals surface area (Å²) in [6.07, 6.45) is 2.07. The first kappa shape index (κ1) is 22.5. The molecule has 1 aliphatic heterocycles. The second-order valence-electron chi connectivity index (χ2n) is 7.96. The maximum atomic E-state index is 13.4. The topological polar surface area (TPSA) is 69.0 Å². The average molecular weight is 455 g/mol. The summed E-state index contributed by atoms with van der Waals surface area (Å²) in [5.74, 6) is 0.279. The third-order valence-electron chi connectivity index (χ3n) is 5.54. The predicted molar refractivity (Wildman–Crippen MR) is 123 cm³/mol. The number of halogens is 1. The normalized spacial score (nSPS) is 17.8. The van der Waals surface area contributed by atoms with Crippen LogP contribution in [0.5, 0.6) is 0 Å². The van der Waals surface area contributed by atoms with Crippen LogP contribution in [0.2, 0.25) is 0 Å². The van der Waals surface area contributed by atoms with E-state index in [1.165, 1.54) is 23.9 Å². The summed E-state index contributed by atoms with van der Waals surface area (Å²) in [4.78, 5) is 12.8. The smallest absolute Gasteiger partial charge is 0.233 e. The molecule has 0 saturated carbocycles. The second-order valence-corrected chi connectivity index (χ2v) is 9.27. The molecule has 168 valence electrons. The molecule has 6 nitrogen and oxygen atoms in total. The number of rotatable bonds is 8. The van der Waals surface area contributed by atoms with E-state index >= 15 is 0 Å². The summed E-state index contributed by atoms with van der Waals surface area (Å²) in [5, 5.41) is 12.1. The summed E-state index contributed by atoms with van der Waals surface area (Å²) in [6.45, 7) is 5.17. The summed E-state index contributed by atoms with van der Waals surface area (Å²) in [6, 6.07) is 16.0. The fraction of sp³-hybridized carbons (Fsp3) is 0.375. The van der Waals surface area contributed by atoms with Gasteiger partial charge in [0, 0.05) is 12.2 Å². The molecule has 1 N–H and O–H groups in total. The fourth-order valence-electron chi connectivity index (χ4n) is 3.71. The quantitative estimate of drug-likeness (QED) is 0.503. The Morgan fingerprint density at radius 1 is 1.19 bits per heavy atom. The van der Waals surface area contributed by atoms with Crippen molar-refractivity contribution in [3.05, 3.63) is 66.0 Å². The van der Waals surface area contributed by atoms with Gasteiger partial charge in [0.15, 0.2) is 11.0 Å². The lowest BCUT2D eigenvalue weighted by Gasteiger charge is -2.19. The molecule has 2 heterocycles. The molecule has 4 rings (SSSR count). The molecule has 0 bridgehead atoms. The monoisotopic (exact) mass is 454 g/mol. The van der Waals surface area contributed by atoms with Crippen LogP contribution in [0, 0.1) is 5.82 Å². The largest absolute Gasteiger partial charge is 0.376 e. The van der Waals surface area contributed by atoms with Gasteiger partial charge in [-0.2, -0.15) is 0 Å². The van der Waals surface area contributed by atoms with E-state index in [0.29, 0.717) is 17.5 Å². The number of nitrogens with one attached hydrogen (secondary N) is 1. The van der Waals surface area contributed by atoms with Crippen molar-refractivity contribution in [1.29, 1.82) is 0 Å². The van der Waals surface area contributed by atoms with Crippen LogP contribution in [0.15, 0.2) is 59.8 Å². The molecule has 1 aliphatic rings. The molecule has 3 atom stereocenters. The number of aromatic nitrogens is 3. The van der Waals surface area contributed by atoms with Crippen molar-refractivity contribution in [2.24, 2.45) is 0 Å². The molecule has 2 aromatic carbocycles. The van der Waals surface area contributed by atoms with E-state index in [2.05, 4.69) is 15.5 Å². The highest BCUT2D eigenvalue weighted by molar-refractivity contribution is 8.00. The molecular formula is C24H27FN4O2S.